The van der Waals surface area contributed by atoms with E-state index in [1.165, 1.54) is 24.3 Å². The SMILES string of the molecule is O=C(NC1=NN(c2c(Cl)cc(Cl)cc2Cl)C(=O)C1)c1cc([N+](=O)[O-])ccc1Cl. The molecule has 0 spiro atoms. The normalized spacial score (nSPS) is 13.5. The number of carbonyl (C=O) groups excluding carboxylic acids is 2. The minimum Gasteiger partial charge on any atom is -0.308 e. The Morgan fingerprint density at radius 1 is 1.11 bits per heavy atom. The van der Waals surface area contributed by atoms with E-state index in [9.17, 15) is 19.7 Å². The maximum atomic E-state index is 12.4. The molecule has 0 atom stereocenters. The number of nitrogens with zero attached hydrogens (tertiary/aromatic N) is 3. The van der Waals surface area contributed by atoms with Crippen LogP contribution in [0.2, 0.25) is 20.1 Å². The van der Waals surface area contributed by atoms with Crippen molar-refractivity contribution in [3.63, 3.8) is 0 Å². The predicted molar refractivity (Wildman–Crippen MR) is 107 cm³/mol. The van der Waals surface area contributed by atoms with Gasteiger partial charge in [-0.3, -0.25) is 19.7 Å². The van der Waals surface area contributed by atoms with Crippen LogP contribution in [0.15, 0.2) is 35.4 Å². The maximum Gasteiger partial charge on any atom is 0.270 e. The van der Waals surface area contributed by atoms with Gasteiger partial charge >= 0.3 is 0 Å². The number of nitrogens with one attached hydrogen (secondary N) is 1. The lowest BCUT2D eigenvalue weighted by molar-refractivity contribution is -0.384. The Kier molecular flexibility index (Phi) is 5.76. The van der Waals surface area contributed by atoms with Gasteiger partial charge in [0.25, 0.3) is 17.5 Å². The van der Waals surface area contributed by atoms with Crippen molar-refractivity contribution in [2.24, 2.45) is 5.10 Å². The second kappa shape index (κ2) is 7.92. The molecule has 2 aromatic carbocycles. The zero-order valence-corrected chi connectivity index (χ0v) is 16.6. The van der Waals surface area contributed by atoms with E-state index in [0.29, 0.717) is 0 Å². The summed E-state index contributed by atoms with van der Waals surface area (Å²) in [4.78, 5) is 35.0. The molecule has 0 aliphatic carbocycles. The Morgan fingerprint density at radius 2 is 1.75 bits per heavy atom. The summed E-state index contributed by atoms with van der Waals surface area (Å²) in [6.07, 6.45) is -0.242. The highest BCUT2D eigenvalue weighted by atomic mass is 35.5. The summed E-state index contributed by atoms with van der Waals surface area (Å²) in [7, 11) is 0. The number of rotatable bonds is 3. The molecule has 12 heteroatoms. The fourth-order valence-corrected chi connectivity index (χ4v) is 3.59. The summed E-state index contributed by atoms with van der Waals surface area (Å²) >= 11 is 24.0. The van der Waals surface area contributed by atoms with Gasteiger partial charge in [0, 0.05) is 17.2 Å². The zero-order valence-electron chi connectivity index (χ0n) is 13.6. The summed E-state index contributed by atoms with van der Waals surface area (Å²) < 4.78 is 0. The van der Waals surface area contributed by atoms with E-state index in [2.05, 4.69) is 10.4 Å². The van der Waals surface area contributed by atoms with Crippen molar-refractivity contribution in [1.82, 2.24) is 5.32 Å². The minimum absolute atomic E-state index is 0.000318. The molecule has 1 aliphatic heterocycles. The lowest BCUT2D eigenvalue weighted by Gasteiger charge is -2.15. The number of amides is 2. The smallest absolute Gasteiger partial charge is 0.270 e. The Morgan fingerprint density at radius 3 is 2.36 bits per heavy atom. The number of carbonyl (C=O) groups is 2. The fourth-order valence-electron chi connectivity index (χ4n) is 2.41. The Bertz CT molecular complexity index is 1030. The molecule has 0 saturated heterocycles. The lowest BCUT2D eigenvalue weighted by atomic mass is 10.2. The Balaban J connectivity index is 1.88. The molecule has 2 amide bonds. The van der Waals surface area contributed by atoms with Crippen LogP contribution in [-0.2, 0) is 4.79 Å². The van der Waals surface area contributed by atoms with Gasteiger partial charge in [0.15, 0.2) is 0 Å². The summed E-state index contributed by atoms with van der Waals surface area (Å²) in [5, 5.41) is 18.8. The Hall–Kier alpha value is -2.39. The quantitative estimate of drug-likeness (QED) is 0.528. The van der Waals surface area contributed by atoms with Crippen molar-refractivity contribution in [2.75, 3.05) is 5.01 Å². The number of anilines is 1. The van der Waals surface area contributed by atoms with Gasteiger partial charge in [-0.1, -0.05) is 46.4 Å². The predicted octanol–water partition coefficient (Wildman–Crippen LogP) is 4.69. The molecule has 0 bridgehead atoms. The van der Waals surface area contributed by atoms with Crippen LogP contribution in [0.3, 0.4) is 0 Å². The number of non-ortho nitro benzene ring substituents is 1. The first kappa shape index (κ1) is 20.3. The molecule has 3 rings (SSSR count). The second-order valence-corrected chi connectivity index (χ2v) is 7.18. The van der Waals surface area contributed by atoms with Crippen molar-refractivity contribution in [3.8, 4) is 0 Å². The molecule has 0 radical (unpaired) electrons. The number of hydrogen-bond acceptors (Lipinski definition) is 5. The standard InChI is InChI=1S/C16H8Cl4N4O4/c17-7-3-11(19)15(12(20)4-7)23-14(25)6-13(22-23)21-16(26)9-5-8(24(27)28)1-2-10(9)18/h1-5H,6H2,(H,21,22,26). The number of benzene rings is 2. The van der Waals surface area contributed by atoms with E-state index in [1.54, 1.807) is 0 Å². The molecule has 0 unspecified atom stereocenters. The van der Waals surface area contributed by atoms with E-state index >= 15 is 0 Å². The molecular formula is C16H8Cl4N4O4. The van der Waals surface area contributed by atoms with E-state index in [0.717, 1.165) is 11.1 Å². The highest BCUT2D eigenvalue weighted by molar-refractivity contribution is 6.42. The van der Waals surface area contributed by atoms with Crippen LogP contribution in [0.25, 0.3) is 0 Å². The molecule has 1 aliphatic rings. The summed E-state index contributed by atoms with van der Waals surface area (Å²) in [5.41, 5.74) is -0.317. The molecule has 144 valence electrons. The number of halogens is 4. The monoisotopic (exact) mass is 460 g/mol. The van der Waals surface area contributed by atoms with Gasteiger partial charge in [0.1, 0.15) is 11.5 Å². The molecular weight excluding hydrogens is 454 g/mol. The van der Waals surface area contributed by atoms with Crippen molar-refractivity contribution in [3.05, 3.63) is 66.1 Å². The van der Waals surface area contributed by atoms with E-state index in [4.69, 9.17) is 46.4 Å². The van der Waals surface area contributed by atoms with Crippen molar-refractivity contribution in [2.45, 2.75) is 6.42 Å². The van der Waals surface area contributed by atoms with Crippen LogP contribution in [0.5, 0.6) is 0 Å². The number of nitro benzene ring substituents is 1. The molecule has 1 heterocycles. The van der Waals surface area contributed by atoms with Crippen LogP contribution in [0.1, 0.15) is 16.8 Å². The highest BCUT2D eigenvalue weighted by Crippen LogP contribution is 2.38. The summed E-state index contributed by atoms with van der Waals surface area (Å²) in [6, 6.07) is 6.22. The first-order chi connectivity index (χ1) is 13.2. The van der Waals surface area contributed by atoms with Gasteiger partial charge in [-0.15, -0.1) is 0 Å². The molecule has 2 aromatic rings. The van der Waals surface area contributed by atoms with E-state index in [-0.39, 0.29) is 49.3 Å². The first-order valence-electron chi connectivity index (χ1n) is 7.47. The number of amidine groups is 1. The first-order valence-corrected chi connectivity index (χ1v) is 8.99. The van der Waals surface area contributed by atoms with Crippen LogP contribution >= 0.6 is 46.4 Å². The maximum absolute atomic E-state index is 12.4. The third-order valence-electron chi connectivity index (χ3n) is 3.63. The van der Waals surface area contributed by atoms with Crippen molar-refractivity contribution in [1.29, 1.82) is 0 Å². The third-order valence-corrected chi connectivity index (χ3v) is 4.76. The second-order valence-electron chi connectivity index (χ2n) is 5.52. The van der Waals surface area contributed by atoms with E-state index < -0.39 is 16.7 Å². The highest BCUT2D eigenvalue weighted by Gasteiger charge is 2.30. The molecule has 28 heavy (non-hydrogen) atoms. The van der Waals surface area contributed by atoms with Crippen LogP contribution < -0.4 is 10.3 Å². The van der Waals surface area contributed by atoms with E-state index in [1.807, 2.05) is 0 Å². The lowest BCUT2D eigenvalue weighted by Crippen LogP contribution is -2.30. The molecule has 1 N–H and O–H groups in total. The molecule has 0 aromatic heterocycles. The van der Waals surface area contributed by atoms with Gasteiger partial charge in [0.05, 0.1) is 32.0 Å². The fraction of sp³-hybridized carbons (Fsp3) is 0.0625. The Labute approximate surface area is 177 Å². The van der Waals surface area contributed by atoms with Crippen molar-refractivity contribution < 1.29 is 14.5 Å². The average Bonchev–Trinajstić information content (AvgIpc) is 2.94. The van der Waals surface area contributed by atoms with Gasteiger partial charge < -0.3 is 5.32 Å². The number of nitro groups is 1. The summed E-state index contributed by atoms with van der Waals surface area (Å²) in [5.74, 6) is -1.25. The third kappa shape index (κ3) is 4.05. The van der Waals surface area contributed by atoms with Crippen LogP contribution in [-0.4, -0.2) is 22.6 Å². The molecule has 0 saturated carbocycles. The zero-order chi connectivity index (χ0) is 20.6. The van der Waals surface area contributed by atoms with Gasteiger partial charge in [-0.25, -0.2) is 0 Å². The minimum atomic E-state index is -0.754. The number of hydrogen-bond donors (Lipinski definition) is 1. The summed E-state index contributed by atoms with van der Waals surface area (Å²) in [6.45, 7) is 0. The topological polar surface area (TPSA) is 105 Å². The number of hydrazone groups is 1. The van der Waals surface area contributed by atoms with Gasteiger partial charge in [-0.05, 0) is 18.2 Å². The molecule has 0 fully saturated rings. The van der Waals surface area contributed by atoms with Gasteiger partial charge in [0.2, 0.25) is 0 Å². The van der Waals surface area contributed by atoms with Crippen LogP contribution in [0.4, 0.5) is 11.4 Å². The van der Waals surface area contributed by atoms with Crippen molar-refractivity contribution >= 4 is 75.4 Å². The van der Waals surface area contributed by atoms with Gasteiger partial charge in [-0.2, -0.15) is 10.1 Å². The van der Waals surface area contributed by atoms with Crippen LogP contribution in [0, 0.1) is 10.1 Å². The largest absolute Gasteiger partial charge is 0.308 e. The average molecular weight is 462 g/mol. The molecule has 8 nitrogen and oxygen atoms in total.